The highest BCUT2D eigenvalue weighted by Gasteiger charge is 2.32. The third kappa shape index (κ3) is 4.54. The second-order valence-corrected chi connectivity index (χ2v) is 9.84. The van der Waals surface area contributed by atoms with Crippen molar-refractivity contribution >= 4 is 15.9 Å². The summed E-state index contributed by atoms with van der Waals surface area (Å²) < 4.78 is 26.5. The summed E-state index contributed by atoms with van der Waals surface area (Å²) in [5.74, 6) is 1.52. The quantitative estimate of drug-likeness (QED) is 0.801. The normalized spacial score (nSPS) is 25.8. The first-order valence-corrected chi connectivity index (χ1v) is 11.8. The number of hydrogen-bond acceptors (Lipinski definition) is 3. The van der Waals surface area contributed by atoms with Crippen molar-refractivity contribution in [2.24, 2.45) is 11.8 Å². The molecule has 0 heterocycles. The molecule has 150 valence electrons. The van der Waals surface area contributed by atoms with E-state index in [1.165, 1.54) is 36.4 Å². The van der Waals surface area contributed by atoms with Gasteiger partial charge in [-0.25, -0.2) is 8.42 Å². The molecule has 27 heavy (non-hydrogen) atoms. The van der Waals surface area contributed by atoms with Gasteiger partial charge in [-0.05, 0) is 55.4 Å². The summed E-state index contributed by atoms with van der Waals surface area (Å²) >= 11 is 0. The molecule has 3 rings (SSSR count). The number of nitrogens with one attached hydrogen (secondary N) is 1. The van der Waals surface area contributed by atoms with E-state index in [0.29, 0.717) is 18.7 Å². The number of hydrogen-bond donors (Lipinski definition) is 1. The Morgan fingerprint density at radius 1 is 1.00 bits per heavy atom. The van der Waals surface area contributed by atoms with Crippen LogP contribution < -0.4 is 5.32 Å². The number of fused-ring (bicyclic) bond motifs is 1. The van der Waals surface area contributed by atoms with Crippen molar-refractivity contribution in [3.63, 3.8) is 0 Å². The van der Waals surface area contributed by atoms with Crippen LogP contribution in [0.2, 0.25) is 0 Å². The Balaban J connectivity index is 1.62. The molecular weight excluding hydrogens is 360 g/mol. The number of benzene rings is 1. The summed E-state index contributed by atoms with van der Waals surface area (Å²) in [5.41, 5.74) is 0.527. The van der Waals surface area contributed by atoms with Crippen molar-refractivity contribution in [3.8, 4) is 0 Å². The molecule has 0 aromatic heterocycles. The van der Waals surface area contributed by atoms with E-state index in [1.807, 2.05) is 13.8 Å². The lowest BCUT2D eigenvalue weighted by Crippen LogP contribution is -2.41. The minimum atomic E-state index is -3.48. The number of nitrogens with zero attached hydrogens (tertiary/aromatic N) is 1. The number of sulfonamides is 1. The lowest BCUT2D eigenvalue weighted by atomic mass is 9.69. The monoisotopic (exact) mass is 392 g/mol. The molecule has 2 fully saturated rings. The van der Waals surface area contributed by atoms with E-state index in [-0.39, 0.29) is 16.8 Å². The molecule has 0 unspecified atom stereocenters. The van der Waals surface area contributed by atoms with Crippen LogP contribution in [0.4, 0.5) is 0 Å². The van der Waals surface area contributed by atoms with Gasteiger partial charge in [-0.2, -0.15) is 4.31 Å². The van der Waals surface area contributed by atoms with Crippen LogP contribution in [0.1, 0.15) is 69.2 Å². The predicted molar refractivity (Wildman–Crippen MR) is 107 cm³/mol. The first-order chi connectivity index (χ1) is 13.0. The van der Waals surface area contributed by atoms with Crippen LogP contribution in [-0.4, -0.2) is 37.8 Å². The minimum Gasteiger partial charge on any atom is -0.349 e. The Morgan fingerprint density at radius 2 is 1.63 bits per heavy atom. The smallest absolute Gasteiger partial charge is 0.251 e. The second-order valence-electron chi connectivity index (χ2n) is 7.90. The van der Waals surface area contributed by atoms with E-state index in [0.717, 1.165) is 24.7 Å². The maximum atomic E-state index is 12.6. The molecule has 0 radical (unpaired) electrons. The summed E-state index contributed by atoms with van der Waals surface area (Å²) in [6.45, 7) is 4.52. The van der Waals surface area contributed by atoms with E-state index in [1.54, 1.807) is 24.3 Å². The fourth-order valence-electron chi connectivity index (χ4n) is 4.76. The molecule has 2 aliphatic rings. The summed E-state index contributed by atoms with van der Waals surface area (Å²) in [7, 11) is -3.48. The van der Waals surface area contributed by atoms with Gasteiger partial charge in [0, 0.05) is 24.7 Å². The SMILES string of the molecule is CCN(CC)S(=O)(=O)c1ccc(C(=O)N[C@@H]2CC[C@H]3CCCC[C@@H]3C2)cc1. The third-order valence-corrected chi connectivity index (χ3v) is 8.40. The molecule has 3 atom stereocenters. The first-order valence-electron chi connectivity index (χ1n) is 10.4. The Morgan fingerprint density at radius 3 is 2.26 bits per heavy atom. The number of amides is 1. The highest BCUT2D eigenvalue weighted by Crippen LogP contribution is 2.40. The Labute approximate surface area is 163 Å². The zero-order valence-corrected chi connectivity index (χ0v) is 17.3. The summed E-state index contributed by atoms with van der Waals surface area (Å²) in [4.78, 5) is 12.9. The Bertz CT molecular complexity index is 741. The van der Waals surface area contributed by atoms with Gasteiger partial charge in [0.05, 0.1) is 4.90 Å². The average molecular weight is 393 g/mol. The molecule has 2 saturated carbocycles. The maximum Gasteiger partial charge on any atom is 0.251 e. The van der Waals surface area contributed by atoms with Crippen LogP contribution in [0.25, 0.3) is 0 Å². The van der Waals surface area contributed by atoms with Gasteiger partial charge < -0.3 is 5.32 Å². The molecule has 5 nitrogen and oxygen atoms in total. The number of carbonyl (C=O) groups excluding carboxylic acids is 1. The standard InChI is InChI=1S/C21H32N2O3S/c1-3-23(4-2)27(25,26)20-13-10-17(11-14-20)21(24)22-19-12-9-16-7-5-6-8-18(16)15-19/h10-11,13-14,16,18-19H,3-9,12,15H2,1-2H3,(H,22,24)/t16-,18-,19-/m1/s1. The van der Waals surface area contributed by atoms with E-state index in [2.05, 4.69) is 5.32 Å². The maximum absolute atomic E-state index is 12.6. The van der Waals surface area contributed by atoms with Crippen LogP contribution in [0.15, 0.2) is 29.2 Å². The predicted octanol–water partition coefficient (Wildman–Crippen LogP) is 3.81. The van der Waals surface area contributed by atoms with Crippen LogP contribution >= 0.6 is 0 Å². The number of rotatable bonds is 6. The van der Waals surface area contributed by atoms with Crippen LogP contribution in [0.3, 0.4) is 0 Å². The summed E-state index contributed by atoms with van der Waals surface area (Å²) in [6, 6.07) is 6.58. The number of carbonyl (C=O) groups is 1. The minimum absolute atomic E-state index is 0.0963. The lowest BCUT2D eigenvalue weighted by molar-refractivity contribution is 0.0879. The molecule has 1 amide bonds. The average Bonchev–Trinajstić information content (AvgIpc) is 2.68. The van der Waals surface area contributed by atoms with Crippen molar-refractivity contribution in [2.45, 2.75) is 69.7 Å². The third-order valence-electron chi connectivity index (χ3n) is 6.33. The highest BCUT2D eigenvalue weighted by atomic mass is 32.2. The van der Waals surface area contributed by atoms with Gasteiger partial charge in [0.25, 0.3) is 5.91 Å². The van der Waals surface area contributed by atoms with Crippen molar-refractivity contribution in [1.29, 1.82) is 0 Å². The van der Waals surface area contributed by atoms with Crippen molar-refractivity contribution < 1.29 is 13.2 Å². The van der Waals surface area contributed by atoms with E-state index < -0.39 is 10.0 Å². The highest BCUT2D eigenvalue weighted by molar-refractivity contribution is 7.89. The summed E-state index contributed by atoms with van der Waals surface area (Å²) in [6.07, 6.45) is 8.71. The summed E-state index contributed by atoms with van der Waals surface area (Å²) in [5, 5.41) is 3.17. The molecular formula is C21H32N2O3S. The van der Waals surface area contributed by atoms with Crippen molar-refractivity contribution in [2.75, 3.05) is 13.1 Å². The first kappa shape index (κ1) is 20.3. The zero-order valence-electron chi connectivity index (χ0n) is 16.5. The van der Waals surface area contributed by atoms with Crippen LogP contribution in [-0.2, 0) is 10.0 Å². The van der Waals surface area contributed by atoms with Gasteiger partial charge in [-0.1, -0.05) is 39.5 Å². The molecule has 0 saturated heterocycles. The molecule has 6 heteroatoms. The van der Waals surface area contributed by atoms with Gasteiger partial charge in [0.2, 0.25) is 10.0 Å². The fourth-order valence-corrected chi connectivity index (χ4v) is 6.22. The Kier molecular flexibility index (Phi) is 6.58. The topological polar surface area (TPSA) is 66.5 Å². The molecule has 0 aliphatic heterocycles. The van der Waals surface area contributed by atoms with Crippen LogP contribution in [0.5, 0.6) is 0 Å². The van der Waals surface area contributed by atoms with E-state index in [4.69, 9.17) is 0 Å². The second kappa shape index (κ2) is 8.74. The lowest BCUT2D eigenvalue weighted by Gasteiger charge is -2.39. The van der Waals surface area contributed by atoms with Gasteiger partial charge in [0.1, 0.15) is 0 Å². The Hall–Kier alpha value is -1.40. The van der Waals surface area contributed by atoms with Gasteiger partial charge in [-0.3, -0.25) is 4.79 Å². The van der Waals surface area contributed by atoms with E-state index in [9.17, 15) is 13.2 Å². The molecule has 1 aromatic carbocycles. The molecule has 0 bridgehead atoms. The van der Waals surface area contributed by atoms with Crippen molar-refractivity contribution in [3.05, 3.63) is 29.8 Å². The molecule has 2 aliphatic carbocycles. The van der Waals surface area contributed by atoms with E-state index >= 15 is 0 Å². The largest absolute Gasteiger partial charge is 0.349 e. The fraction of sp³-hybridized carbons (Fsp3) is 0.667. The zero-order chi connectivity index (χ0) is 19.4. The van der Waals surface area contributed by atoms with Gasteiger partial charge in [0.15, 0.2) is 0 Å². The molecule has 1 aromatic rings. The van der Waals surface area contributed by atoms with Crippen molar-refractivity contribution in [1.82, 2.24) is 9.62 Å². The van der Waals surface area contributed by atoms with Gasteiger partial charge in [-0.15, -0.1) is 0 Å². The molecule has 0 spiro atoms. The molecule has 1 N–H and O–H groups in total. The van der Waals surface area contributed by atoms with Gasteiger partial charge >= 0.3 is 0 Å². The van der Waals surface area contributed by atoms with Crippen LogP contribution in [0, 0.1) is 11.8 Å².